The van der Waals surface area contributed by atoms with E-state index < -0.39 is 0 Å². The molecule has 0 unspecified atom stereocenters. The first-order chi connectivity index (χ1) is 11.1. The van der Waals surface area contributed by atoms with Gasteiger partial charge < -0.3 is 10.0 Å². The lowest BCUT2D eigenvalue weighted by atomic mass is 10.1. The van der Waals surface area contributed by atoms with Crippen molar-refractivity contribution >= 4 is 5.91 Å². The van der Waals surface area contributed by atoms with E-state index >= 15 is 0 Å². The van der Waals surface area contributed by atoms with Crippen LogP contribution in [-0.4, -0.2) is 47.0 Å². The number of amides is 1. The molecular weight excluding hydrogens is 295 g/mol. The van der Waals surface area contributed by atoms with Gasteiger partial charge in [-0.05, 0) is 30.3 Å². The van der Waals surface area contributed by atoms with E-state index in [0.717, 1.165) is 13.1 Å². The van der Waals surface area contributed by atoms with Crippen LogP contribution in [-0.2, 0) is 6.54 Å². The van der Waals surface area contributed by atoms with Crippen LogP contribution in [0.5, 0.6) is 5.75 Å². The molecule has 0 aromatic heterocycles. The number of halogens is 1. The maximum absolute atomic E-state index is 13.7. The molecule has 1 heterocycles. The van der Waals surface area contributed by atoms with Crippen LogP contribution in [0.3, 0.4) is 0 Å². The van der Waals surface area contributed by atoms with Gasteiger partial charge in [-0.3, -0.25) is 9.69 Å². The van der Waals surface area contributed by atoms with E-state index in [0.29, 0.717) is 30.8 Å². The largest absolute Gasteiger partial charge is 0.508 e. The topological polar surface area (TPSA) is 43.8 Å². The molecule has 0 radical (unpaired) electrons. The number of piperazine rings is 1. The molecule has 0 saturated carbocycles. The van der Waals surface area contributed by atoms with Gasteiger partial charge in [-0.15, -0.1) is 0 Å². The molecule has 1 N–H and O–H groups in total. The van der Waals surface area contributed by atoms with Crippen LogP contribution in [0.25, 0.3) is 0 Å². The minimum absolute atomic E-state index is 0.0319. The lowest BCUT2D eigenvalue weighted by Crippen LogP contribution is -2.48. The third-order valence-electron chi connectivity index (χ3n) is 4.13. The van der Waals surface area contributed by atoms with Crippen LogP contribution < -0.4 is 0 Å². The van der Waals surface area contributed by atoms with Gasteiger partial charge in [0.2, 0.25) is 0 Å². The van der Waals surface area contributed by atoms with Gasteiger partial charge >= 0.3 is 0 Å². The van der Waals surface area contributed by atoms with Gasteiger partial charge in [0.25, 0.3) is 5.91 Å². The Kier molecular flexibility index (Phi) is 4.57. The molecule has 2 aromatic carbocycles. The highest BCUT2D eigenvalue weighted by Gasteiger charge is 2.22. The molecule has 0 atom stereocenters. The fourth-order valence-electron chi connectivity index (χ4n) is 2.76. The fraction of sp³-hybridized carbons (Fsp3) is 0.278. The number of benzene rings is 2. The van der Waals surface area contributed by atoms with Crippen molar-refractivity contribution in [2.45, 2.75) is 6.54 Å². The number of aromatic hydroxyl groups is 1. The number of carbonyl (C=O) groups is 1. The van der Waals surface area contributed by atoms with Crippen molar-refractivity contribution in [1.82, 2.24) is 9.80 Å². The van der Waals surface area contributed by atoms with E-state index in [4.69, 9.17) is 0 Å². The van der Waals surface area contributed by atoms with Crippen molar-refractivity contribution in [1.29, 1.82) is 0 Å². The van der Waals surface area contributed by atoms with E-state index in [1.165, 1.54) is 18.2 Å². The Morgan fingerprint density at radius 1 is 1.00 bits per heavy atom. The molecular formula is C18H19FN2O2. The second-order valence-corrected chi connectivity index (χ2v) is 5.71. The Morgan fingerprint density at radius 2 is 1.65 bits per heavy atom. The molecule has 120 valence electrons. The van der Waals surface area contributed by atoms with Crippen molar-refractivity contribution in [3.63, 3.8) is 0 Å². The van der Waals surface area contributed by atoms with Crippen molar-refractivity contribution in [3.8, 4) is 5.75 Å². The zero-order chi connectivity index (χ0) is 16.2. The third kappa shape index (κ3) is 3.68. The zero-order valence-corrected chi connectivity index (χ0v) is 12.8. The lowest BCUT2D eigenvalue weighted by Gasteiger charge is -2.34. The summed E-state index contributed by atoms with van der Waals surface area (Å²) < 4.78 is 13.7. The Morgan fingerprint density at radius 3 is 2.30 bits per heavy atom. The summed E-state index contributed by atoms with van der Waals surface area (Å²) in [5.74, 6) is -0.0677. The summed E-state index contributed by atoms with van der Waals surface area (Å²) in [6.45, 7) is 3.24. The molecule has 0 aliphatic carbocycles. The molecule has 23 heavy (non-hydrogen) atoms. The number of hydrogen-bond acceptors (Lipinski definition) is 3. The van der Waals surface area contributed by atoms with Crippen LogP contribution in [0, 0.1) is 5.82 Å². The van der Waals surface area contributed by atoms with Crippen LogP contribution >= 0.6 is 0 Å². The number of carbonyl (C=O) groups excluding carboxylic acids is 1. The summed E-state index contributed by atoms with van der Waals surface area (Å²) in [6.07, 6.45) is 0. The number of phenolic OH excluding ortho intramolecular Hbond substituents is 1. The summed E-state index contributed by atoms with van der Waals surface area (Å²) in [4.78, 5) is 16.3. The molecule has 0 spiro atoms. The Balaban J connectivity index is 1.57. The highest BCUT2D eigenvalue weighted by molar-refractivity contribution is 5.94. The van der Waals surface area contributed by atoms with Gasteiger partial charge in [0.05, 0.1) is 0 Å². The molecule has 4 nitrogen and oxygen atoms in total. The maximum atomic E-state index is 13.7. The maximum Gasteiger partial charge on any atom is 0.253 e. The monoisotopic (exact) mass is 314 g/mol. The molecule has 1 aliphatic rings. The Hall–Kier alpha value is -2.40. The van der Waals surface area contributed by atoms with Gasteiger partial charge in [-0.2, -0.15) is 0 Å². The molecule has 5 heteroatoms. The zero-order valence-electron chi connectivity index (χ0n) is 12.8. The molecule has 1 amide bonds. The molecule has 1 saturated heterocycles. The number of nitrogens with zero attached hydrogens (tertiary/aromatic N) is 2. The number of hydrogen-bond donors (Lipinski definition) is 1. The van der Waals surface area contributed by atoms with Gasteiger partial charge in [-0.1, -0.05) is 18.2 Å². The standard InChI is InChI=1S/C18H19FN2O2/c19-17-4-2-1-3-15(17)13-20-9-11-21(12-10-20)18(23)14-5-7-16(22)8-6-14/h1-8,22H,9-13H2. The Bertz CT molecular complexity index is 680. The SMILES string of the molecule is O=C(c1ccc(O)cc1)N1CCN(Cc2ccccc2F)CC1. The summed E-state index contributed by atoms with van der Waals surface area (Å²) in [5, 5.41) is 9.28. The minimum atomic E-state index is -0.185. The lowest BCUT2D eigenvalue weighted by molar-refractivity contribution is 0.0627. The fourth-order valence-corrected chi connectivity index (χ4v) is 2.76. The van der Waals surface area contributed by atoms with Gasteiger partial charge in [0.15, 0.2) is 0 Å². The molecule has 0 bridgehead atoms. The first-order valence-electron chi connectivity index (χ1n) is 7.67. The second kappa shape index (κ2) is 6.79. The van der Waals surface area contributed by atoms with Crippen LogP contribution in [0.1, 0.15) is 15.9 Å². The first kappa shape index (κ1) is 15.5. The highest BCUT2D eigenvalue weighted by atomic mass is 19.1. The number of rotatable bonds is 3. The van der Waals surface area contributed by atoms with Crippen LogP contribution in [0.4, 0.5) is 4.39 Å². The van der Waals surface area contributed by atoms with Crippen LogP contribution in [0.15, 0.2) is 48.5 Å². The van der Waals surface area contributed by atoms with Gasteiger partial charge in [-0.25, -0.2) is 4.39 Å². The first-order valence-corrected chi connectivity index (χ1v) is 7.67. The quantitative estimate of drug-likeness (QED) is 0.946. The summed E-state index contributed by atoms with van der Waals surface area (Å²) in [7, 11) is 0. The summed E-state index contributed by atoms with van der Waals surface area (Å²) in [6, 6.07) is 13.1. The third-order valence-corrected chi connectivity index (χ3v) is 4.13. The average molecular weight is 314 g/mol. The van der Waals surface area contributed by atoms with E-state index in [1.54, 1.807) is 29.2 Å². The van der Waals surface area contributed by atoms with E-state index in [-0.39, 0.29) is 17.5 Å². The van der Waals surface area contributed by atoms with E-state index in [9.17, 15) is 14.3 Å². The van der Waals surface area contributed by atoms with Gasteiger partial charge in [0, 0.05) is 43.9 Å². The van der Waals surface area contributed by atoms with Crippen molar-refractivity contribution < 1.29 is 14.3 Å². The van der Waals surface area contributed by atoms with Gasteiger partial charge in [0.1, 0.15) is 11.6 Å². The number of phenols is 1. The van der Waals surface area contributed by atoms with E-state index in [1.807, 2.05) is 6.07 Å². The van der Waals surface area contributed by atoms with E-state index in [2.05, 4.69) is 4.90 Å². The van der Waals surface area contributed by atoms with Crippen molar-refractivity contribution in [3.05, 3.63) is 65.5 Å². The molecule has 1 aliphatic heterocycles. The van der Waals surface area contributed by atoms with Crippen molar-refractivity contribution in [2.75, 3.05) is 26.2 Å². The second-order valence-electron chi connectivity index (χ2n) is 5.71. The Labute approximate surface area is 134 Å². The normalized spacial score (nSPS) is 15.6. The molecule has 3 rings (SSSR count). The minimum Gasteiger partial charge on any atom is -0.508 e. The molecule has 1 fully saturated rings. The highest BCUT2D eigenvalue weighted by Crippen LogP contribution is 2.15. The summed E-state index contributed by atoms with van der Waals surface area (Å²) >= 11 is 0. The van der Waals surface area contributed by atoms with Crippen molar-refractivity contribution in [2.24, 2.45) is 0 Å². The predicted molar refractivity (Wildman–Crippen MR) is 85.7 cm³/mol. The van der Waals surface area contributed by atoms with Crippen LogP contribution in [0.2, 0.25) is 0 Å². The molecule has 2 aromatic rings. The predicted octanol–water partition coefficient (Wildman–Crippen LogP) is 2.49. The average Bonchev–Trinajstić information content (AvgIpc) is 2.58. The summed E-state index contributed by atoms with van der Waals surface area (Å²) in [5.41, 5.74) is 1.26. The smallest absolute Gasteiger partial charge is 0.253 e.